The maximum Gasteiger partial charge on any atom is 0.0361 e. The van der Waals surface area contributed by atoms with Crippen molar-refractivity contribution in [1.29, 1.82) is 0 Å². The molecule has 0 amide bonds. The van der Waals surface area contributed by atoms with Crippen LogP contribution in [0, 0.1) is 0 Å². The molecule has 1 atom stereocenters. The molecule has 0 saturated carbocycles. The zero-order valence-electron chi connectivity index (χ0n) is 12.7. The number of hydrogen-bond donors (Lipinski definition) is 1. The quantitative estimate of drug-likeness (QED) is 0.894. The fourth-order valence-electron chi connectivity index (χ4n) is 3.10. The first-order valence-electron chi connectivity index (χ1n) is 7.18. The molecule has 1 saturated heterocycles. The molecule has 0 bridgehead atoms. The minimum Gasteiger partial charge on any atom is -0.378 e. The van der Waals surface area contributed by atoms with Crippen molar-refractivity contribution in [1.82, 2.24) is 10.2 Å². The minimum absolute atomic E-state index is 0.243. The van der Waals surface area contributed by atoms with Crippen LogP contribution in [0.15, 0.2) is 24.3 Å². The van der Waals surface area contributed by atoms with Gasteiger partial charge in [-0.2, -0.15) is 0 Å². The normalized spacial score (nSPS) is 24.4. The predicted molar refractivity (Wildman–Crippen MR) is 83.0 cm³/mol. The van der Waals surface area contributed by atoms with Gasteiger partial charge < -0.3 is 15.1 Å². The number of nitrogens with one attached hydrogen (secondary N) is 1. The van der Waals surface area contributed by atoms with Crippen molar-refractivity contribution in [2.75, 3.05) is 46.2 Å². The second-order valence-corrected chi connectivity index (χ2v) is 6.11. The van der Waals surface area contributed by atoms with Crippen molar-refractivity contribution in [3.05, 3.63) is 29.8 Å². The highest BCUT2D eigenvalue weighted by Gasteiger charge is 2.32. The molecule has 19 heavy (non-hydrogen) atoms. The van der Waals surface area contributed by atoms with Crippen LogP contribution in [0.3, 0.4) is 0 Å². The van der Waals surface area contributed by atoms with Gasteiger partial charge in [-0.05, 0) is 57.6 Å². The van der Waals surface area contributed by atoms with Crippen molar-refractivity contribution in [3.63, 3.8) is 0 Å². The summed E-state index contributed by atoms with van der Waals surface area (Å²) in [4.78, 5) is 4.58. The van der Waals surface area contributed by atoms with Crippen LogP contribution in [0.25, 0.3) is 0 Å². The van der Waals surface area contributed by atoms with E-state index in [0.29, 0.717) is 0 Å². The number of benzene rings is 1. The van der Waals surface area contributed by atoms with Crippen molar-refractivity contribution >= 4 is 5.69 Å². The number of likely N-dealkylation sites (N-methyl/N-ethyl adjacent to an activating group) is 2. The fraction of sp³-hybridized carbons (Fsp3) is 0.625. The van der Waals surface area contributed by atoms with Gasteiger partial charge in [0.05, 0.1) is 0 Å². The van der Waals surface area contributed by atoms with E-state index in [0.717, 1.165) is 13.0 Å². The van der Waals surface area contributed by atoms with Gasteiger partial charge in [0.2, 0.25) is 0 Å². The lowest BCUT2D eigenvalue weighted by Gasteiger charge is -2.41. The summed E-state index contributed by atoms with van der Waals surface area (Å²) in [6, 6.07) is 8.96. The van der Waals surface area contributed by atoms with E-state index in [-0.39, 0.29) is 5.54 Å². The summed E-state index contributed by atoms with van der Waals surface area (Å²) in [6.07, 6.45) is 3.66. The maximum atomic E-state index is 3.58. The molecule has 1 aliphatic rings. The third kappa shape index (κ3) is 3.48. The second-order valence-electron chi connectivity index (χ2n) is 6.11. The molecule has 0 spiro atoms. The number of nitrogens with zero attached hydrogens (tertiary/aromatic N) is 2. The third-order valence-electron chi connectivity index (χ3n) is 4.29. The van der Waals surface area contributed by atoms with E-state index in [1.807, 2.05) is 0 Å². The topological polar surface area (TPSA) is 18.5 Å². The number of likely N-dealkylation sites (tertiary alicyclic amines) is 1. The van der Waals surface area contributed by atoms with Gasteiger partial charge in [-0.1, -0.05) is 12.1 Å². The van der Waals surface area contributed by atoms with Gasteiger partial charge in [0, 0.05) is 31.9 Å². The average Bonchev–Trinajstić information content (AvgIpc) is 2.39. The number of rotatable bonds is 4. The number of anilines is 1. The van der Waals surface area contributed by atoms with Gasteiger partial charge >= 0.3 is 0 Å². The average molecular weight is 261 g/mol. The lowest BCUT2D eigenvalue weighted by atomic mass is 9.83. The standard InChI is InChI=1S/C16H27N3/c1-17-16(10-5-11-19(4)13-16)12-14-6-8-15(9-7-14)18(2)3/h6-9,17H,5,10-13H2,1-4H3. The fourth-order valence-corrected chi connectivity index (χ4v) is 3.10. The molecule has 0 aromatic heterocycles. The monoisotopic (exact) mass is 261 g/mol. The molecule has 0 aliphatic carbocycles. The van der Waals surface area contributed by atoms with Crippen LogP contribution in [0.5, 0.6) is 0 Å². The van der Waals surface area contributed by atoms with Gasteiger partial charge in [-0.25, -0.2) is 0 Å². The lowest BCUT2D eigenvalue weighted by molar-refractivity contribution is 0.151. The molecule has 3 heteroatoms. The van der Waals surface area contributed by atoms with E-state index in [4.69, 9.17) is 0 Å². The van der Waals surface area contributed by atoms with Crippen LogP contribution in [-0.2, 0) is 6.42 Å². The first kappa shape index (κ1) is 14.4. The Kier molecular flexibility index (Phi) is 4.48. The Morgan fingerprint density at radius 3 is 2.47 bits per heavy atom. The van der Waals surface area contributed by atoms with Crippen LogP contribution in [0.4, 0.5) is 5.69 Å². The van der Waals surface area contributed by atoms with Crippen LogP contribution >= 0.6 is 0 Å². The van der Waals surface area contributed by atoms with Gasteiger partial charge in [-0.3, -0.25) is 0 Å². The van der Waals surface area contributed by atoms with Gasteiger partial charge in [0.1, 0.15) is 0 Å². The van der Waals surface area contributed by atoms with E-state index >= 15 is 0 Å². The molecular formula is C16H27N3. The van der Waals surface area contributed by atoms with E-state index in [1.54, 1.807) is 0 Å². The molecule has 1 fully saturated rings. The smallest absolute Gasteiger partial charge is 0.0361 e. The summed E-state index contributed by atoms with van der Waals surface area (Å²) >= 11 is 0. The highest BCUT2D eigenvalue weighted by Crippen LogP contribution is 2.25. The first-order chi connectivity index (χ1) is 9.04. The van der Waals surface area contributed by atoms with E-state index < -0.39 is 0 Å². The molecule has 1 aromatic rings. The second kappa shape index (κ2) is 5.93. The van der Waals surface area contributed by atoms with Gasteiger partial charge in [0.15, 0.2) is 0 Å². The summed E-state index contributed by atoms with van der Waals surface area (Å²) in [7, 11) is 8.49. The van der Waals surface area contributed by atoms with Gasteiger partial charge in [-0.15, -0.1) is 0 Å². The van der Waals surface area contributed by atoms with Crippen molar-refractivity contribution < 1.29 is 0 Å². The van der Waals surface area contributed by atoms with Crippen molar-refractivity contribution in [2.45, 2.75) is 24.8 Å². The summed E-state index contributed by atoms with van der Waals surface area (Å²) in [5.74, 6) is 0. The Labute approximate surface area is 117 Å². The molecule has 2 rings (SSSR count). The Morgan fingerprint density at radius 2 is 1.95 bits per heavy atom. The molecule has 1 unspecified atom stereocenters. The Hall–Kier alpha value is -1.06. The number of hydrogen-bond acceptors (Lipinski definition) is 3. The van der Waals surface area contributed by atoms with E-state index in [9.17, 15) is 0 Å². The molecule has 1 heterocycles. The molecule has 1 N–H and O–H groups in total. The molecule has 106 valence electrons. The zero-order chi connectivity index (χ0) is 13.9. The molecule has 1 aliphatic heterocycles. The van der Waals surface area contributed by atoms with Crippen LogP contribution in [0.1, 0.15) is 18.4 Å². The summed E-state index contributed by atoms with van der Waals surface area (Å²) in [5, 5.41) is 3.58. The summed E-state index contributed by atoms with van der Waals surface area (Å²) in [5.41, 5.74) is 2.94. The minimum atomic E-state index is 0.243. The Morgan fingerprint density at radius 1 is 1.26 bits per heavy atom. The molecule has 1 aromatic carbocycles. The zero-order valence-corrected chi connectivity index (χ0v) is 12.7. The van der Waals surface area contributed by atoms with Crippen LogP contribution in [-0.4, -0.2) is 51.7 Å². The van der Waals surface area contributed by atoms with Crippen molar-refractivity contribution in [2.24, 2.45) is 0 Å². The first-order valence-corrected chi connectivity index (χ1v) is 7.18. The summed E-state index contributed by atoms with van der Waals surface area (Å²) in [6.45, 7) is 2.36. The van der Waals surface area contributed by atoms with E-state index in [2.05, 4.69) is 67.6 Å². The number of piperidine rings is 1. The highest BCUT2D eigenvalue weighted by molar-refractivity contribution is 5.46. The lowest BCUT2D eigenvalue weighted by Crippen LogP contribution is -2.56. The Bertz CT molecular complexity index is 399. The summed E-state index contributed by atoms with van der Waals surface area (Å²) < 4.78 is 0. The predicted octanol–water partition coefficient (Wildman–Crippen LogP) is 1.98. The van der Waals surface area contributed by atoms with Crippen LogP contribution in [0.2, 0.25) is 0 Å². The van der Waals surface area contributed by atoms with Gasteiger partial charge in [0.25, 0.3) is 0 Å². The highest BCUT2D eigenvalue weighted by atomic mass is 15.2. The SMILES string of the molecule is CNC1(Cc2ccc(N(C)C)cc2)CCCN(C)C1. The Balaban J connectivity index is 2.09. The molecule has 0 radical (unpaired) electrons. The molecule has 3 nitrogen and oxygen atoms in total. The van der Waals surface area contributed by atoms with E-state index in [1.165, 1.54) is 30.6 Å². The molecular weight excluding hydrogens is 234 g/mol. The van der Waals surface area contributed by atoms with Crippen molar-refractivity contribution in [3.8, 4) is 0 Å². The maximum absolute atomic E-state index is 3.58. The largest absolute Gasteiger partial charge is 0.378 e. The van der Waals surface area contributed by atoms with Crippen LogP contribution < -0.4 is 10.2 Å². The third-order valence-corrected chi connectivity index (χ3v) is 4.29.